The summed E-state index contributed by atoms with van der Waals surface area (Å²) in [5.74, 6) is 0. The molecule has 0 aliphatic carbocycles. The zero-order valence-corrected chi connectivity index (χ0v) is 23.8. The van der Waals surface area contributed by atoms with Crippen molar-refractivity contribution in [3.8, 4) is 59.9 Å². The largest absolute Gasteiger partial charge is 0.143 e. The molecule has 0 aliphatic heterocycles. The molecule has 0 aliphatic rings. The van der Waals surface area contributed by atoms with Crippen molar-refractivity contribution in [3.63, 3.8) is 0 Å². The predicted molar refractivity (Wildman–Crippen MR) is 164 cm³/mol. The van der Waals surface area contributed by atoms with E-state index in [2.05, 4.69) is 94.3 Å². The van der Waals surface area contributed by atoms with Crippen LogP contribution in [0.3, 0.4) is 0 Å². The first-order chi connectivity index (χ1) is 17.3. The summed E-state index contributed by atoms with van der Waals surface area (Å²) in [6.07, 6.45) is 0. The van der Waals surface area contributed by atoms with Crippen molar-refractivity contribution < 1.29 is 0 Å². The maximum absolute atomic E-state index is 2.33. The molecular weight excluding hydrogens is 561 g/mol. The van der Waals surface area contributed by atoms with Crippen LogP contribution in [-0.2, 0) is 0 Å². The zero-order valence-electron chi connectivity index (χ0n) is 18.1. The summed E-state index contributed by atoms with van der Waals surface area (Å²) in [5, 5.41) is 8.70. The molecule has 7 heteroatoms. The van der Waals surface area contributed by atoms with E-state index in [0.717, 1.165) is 0 Å². The van der Waals surface area contributed by atoms with Crippen LogP contribution in [0.5, 0.6) is 0 Å². The third kappa shape index (κ3) is 4.05. The van der Waals surface area contributed by atoms with Crippen molar-refractivity contribution >= 4 is 79.4 Å². The maximum Gasteiger partial charge on any atom is 0.0542 e. The highest BCUT2D eigenvalue weighted by Gasteiger charge is 2.26. The van der Waals surface area contributed by atoms with Crippen LogP contribution in [0.1, 0.15) is 0 Å². The molecule has 0 radical (unpaired) electrons. The second kappa shape index (κ2) is 9.41. The lowest BCUT2D eigenvalue weighted by Crippen LogP contribution is -1.79. The van der Waals surface area contributed by atoms with Gasteiger partial charge in [0.15, 0.2) is 0 Å². The monoisotopic (exact) mass is 576 g/mol. The quantitative estimate of drug-likeness (QED) is 0.185. The van der Waals surface area contributed by atoms with E-state index in [1.807, 2.05) is 79.4 Å². The van der Waals surface area contributed by atoms with Gasteiger partial charge in [0.05, 0.1) is 9.75 Å². The van der Waals surface area contributed by atoms with Crippen LogP contribution in [0.25, 0.3) is 59.9 Å². The average Bonchev–Trinajstić information content (AvgIpc) is 3.71. The molecule has 0 N–H and O–H groups in total. The predicted octanol–water partition coefficient (Wildman–Crippen LogP) is 12.1. The van der Waals surface area contributed by atoms with Gasteiger partial charge >= 0.3 is 0 Å². The summed E-state index contributed by atoms with van der Waals surface area (Å²) >= 11 is 13.1. The van der Waals surface area contributed by atoms with Gasteiger partial charge in [-0.05, 0) is 70.1 Å². The van der Waals surface area contributed by atoms with Crippen LogP contribution < -0.4 is 0 Å². The van der Waals surface area contributed by atoms with Crippen LogP contribution in [0, 0.1) is 0 Å². The topological polar surface area (TPSA) is 0 Å². The molecule has 0 saturated carbocycles. The molecule has 0 bridgehead atoms. The summed E-state index contributed by atoms with van der Waals surface area (Å²) < 4.78 is 0. The lowest BCUT2D eigenvalue weighted by atomic mass is 10.0. The summed E-state index contributed by atoms with van der Waals surface area (Å²) in [6.45, 7) is 0. The zero-order chi connectivity index (χ0) is 23.2. The van der Waals surface area contributed by atoms with E-state index in [4.69, 9.17) is 0 Å². The summed E-state index contributed by atoms with van der Waals surface area (Å²) in [4.78, 5) is 13.5. The van der Waals surface area contributed by atoms with E-state index in [9.17, 15) is 0 Å². The Bertz CT molecular complexity index is 1540. The minimum Gasteiger partial charge on any atom is -0.143 e. The summed E-state index contributed by atoms with van der Waals surface area (Å²) in [6, 6.07) is 26.8. The van der Waals surface area contributed by atoms with Crippen molar-refractivity contribution in [1.82, 2.24) is 0 Å². The lowest BCUT2D eigenvalue weighted by Gasteiger charge is -2.06. The molecule has 0 unspecified atom stereocenters. The van der Waals surface area contributed by atoms with Crippen molar-refractivity contribution in [2.24, 2.45) is 0 Å². The Morgan fingerprint density at radius 3 is 1.06 bits per heavy atom. The molecule has 35 heavy (non-hydrogen) atoms. The Balaban J connectivity index is 1.49. The fourth-order valence-corrected chi connectivity index (χ4v) is 11.1. The van der Waals surface area contributed by atoms with E-state index >= 15 is 0 Å². The first kappa shape index (κ1) is 22.1. The van der Waals surface area contributed by atoms with E-state index < -0.39 is 0 Å². The van der Waals surface area contributed by atoms with Gasteiger partial charge in [0, 0.05) is 50.1 Å². The van der Waals surface area contributed by atoms with Crippen LogP contribution in [-0.4, -0.2) is 0 Å². The molecule has 170 valence electrons. The van der Waals surface area contributed by atoms with Gasteiger partial charge in [-0.25, -0.2) is 0 Å². The Morgan fingerprint density at radius 1 is 0.314 bits per heavy atom. The molecule has 0 atom stereocenters. The highest BCUT2D eigenvalue weighted by Crippen LogP contribution is 2.56. The second-order valence-electron chi connectivity index (χ2n) is 7.75. The van der Waals surface area contributed by atoms with Crippen molar-refractivity contribution in [2.75, 3.05) is 0 Å². The summed E-state index contributed by atoms with van der Waals surface area (Å²) in [5.41, 5.74) is 2.77. The average molecular weight is 577 g/mol. The molecule has 0 spiro atoms. The Labute approximate surface area is 231 Å². The Hall–Kier alpha value is -2.10. The molecule has 0 nitrogen and oxygen atoms in total. The van der Waals surface area contributed by atoms with E-state index in [1.54, 1.807) is 0 Å². The van der Waals surface area contributed by atoms with Crippen LogP contribution in [0.15, 0.2) is 94.3 Å². The Morgan fingerprint density at radius 2 is 0.686 bits per heavy atom. The van der Waals surface area contributed by atoms with Gasteiger partial charge in [-0.15, -0.1) is 79.4 Å². The number of thiophene rings is 7. The van der Waals surface area contributed by atoms with Gasteiger partial charge < -0.3 is 0 Å². The smallest absolute Gasteiger partial charge is 0.0542 e. The van der Waals surface area contributed by atoms with Gasteiger partial charge in [0.2, 0.25) is 0 Å². The van der Waals surface area contributed by atoms with Crippen LogP contribution in [0.4, 0.5) is 0 Å². The first-order valence-corrected chi connectivity index (χ1v) is 16.8. The molecule has 7 aromatic heterocycles. The first-order valence-electron chi connectivity index (χ1n) is 10.9. The van der Waals surface area contributed by atoms with Crippen molar-refractivity contribution in [2.45, 2.75) is 0 Å². The maximum atomic E-state index is 2.33. The van der Waals surface area contributed by atoms with Gasteiger partial charge in [0.25, 0.3) is 0 Å². The van der Waals surface area contributed by atoms with E-state index in [1.165, 1.54) is 59.9 Å². The number of hydrogen-bond acceptors (Lipinski definition) is 7. The fraction of sp³-hybridized carbons (Fsp3) is 0. The van der Waals surface area contributed by atoms with Crippen molar-refractivity contribution in [3.05, 3.63) is 94.3 Å². The molecule has 7 rings (SSSR count). The minimum atomic E-state index is 1.34. The molecule has 7 aromatic rings. The molecular formula is C28H16S7. The van der Waals surface area contributed by atoms with E-state index in [0.29, 0.717) is 0 Å². The lowest BCUT2D eigenvalue weighted by molar-refractivity contribution is 1.81. The second-order valence-corrected chi connectivity index (χ2v) is 14.7. The Kier molecular flexibility index (Phi) is 5.95. The normalized spacial score (nSPS) is 11.4. The fourth-order valence-electron chi connectivity index (χ4n) is 4.11. The van der Waals surface area contributed by atoms with Gasteiger partial charge in [-0.2, -0.15) is 0 Å². The number of hydrogen-bond donors (Lipinski definition) is 0. The van der Waals surface area contributed by atoms with Gasteiger partial charge in [-0.3, -0.25) is 0 Å². The molecule has 0 amide bonds. The molecule has 7 heterocycles. The molecule has 0 fully saturated rings. The van der Waals surface area contributed by atoms with Gasteiger partial charge in [0.1, 0.15) is 0 Å². The highest BCUT2D eigenvalue weighted by molar-refractivity contribution is 7.29. The van der Waals surface area contributed by atoms with E-state index in [-0.39, 0.29) is 0 Å². The highest BCUT2D eigenvalue weighted by atomic mass is 32.1. The number of rotatable bonds is 6. The standard InChI is InChI=1S/C28H16S7/c1-5-17(29-13-1)19-9-11-21(33-19)25-26(22-12-10-20(34-22)18-6-2-14-30-18)28(24-8-4-16-32-24)35-27(25)23-7-3-15-31-23/h1-16H. The van der Waals surface area contributed by atoms with Gasteiger partial charge in [-0.1, -0.05) is 24.3 Å². The van der Waals surface area contributed by atoms with Crippen LogP contribution in [0.2, 0.25) is 0 Å². The van der Waals surface area contributed by atoms with Crippen molar-refractivity contribution in [1.29, 1.82) is 0 Å². The third-order valence-electron chi connectivity index (χ3n) is 5.63. The summed E-state index contributed by atoms with van der Waals surface area (Å²) in [7, 11) is 0. The molecule has 0 aromatic carbocycles. The SMILES string of the molecule is c1csc(-c2ccc(-c3c(-c4cccs4)sc(-c4cccs4)c3-c3ccc(-c4cccs4)s3)s2)c1. The van der Waals surface area contributed by atoms with Crippen LogP contribution >= 0.6 is 79.4 Å². The minimum absolute atomic E-state index is 1.34. The molecule has 0 saturated heterocycles. The third-order valence-corrected chi connectivity index (χ3v) is 13.3.